The van der Waals surface area contributed by atoms with Crippen LogP contribution in [0, 0.1) is 0 Å². The summed E-state index contributed by atoms with van der Waals surface area (Å²) in [5, 5.41) is 5.39. The van der Waals surface area contributed by atoms with Crippen molar-refractivity contribution in [1.29, 1.82) is 0 Å². The summed E-state index contributed by atoms with van der Waals surface area (Å²) >= 11 is 0. The van der Waals surface area contributed by atoms with Crippen LogP contribution in [0.25, 0.3) is 0 Å². The molecule has 0 aliphatic carbocycles. The molecular formula is C17H19N3O4. The molecule has 2 N–H and O–H groups in total. The number of carbonyl (C=O) groups is 2. The molecule has 0 bridgehead atoms. The minimum atomic E-state index is -0.650. The SMILES string of the molecule is CNC(=O)[C@@H]1CN(CC(=O)NCc2ccco2)c2ccccc2O1. The number of carbonyl (C=O) groups excluding carboxylic acids is 2. The molecule has 126 valence electrons. The van der Waals surface area contributed by atoms with Crippen LogP contribution in [-0.4, -0.2) is 38.1 Å². The van der Waals surface area contributed by atoms with Gasteiger partial charge in [0.1, 0.15) is 11.5 Å². The maximum Gasteiger partial charge on any atom is 0.262 e. The van der Waals surface area contributed by atoms with E-state index in [0.29, 0.717) is 24.6 Å². The molecular weight excluding hydrogens is 310 g/mol. The number of para-hydroxylation sites is 2. The highest BCUT2D eigenvalue weighted by atomic mass is 16.5. The standard InChI is InChI=1S/C17H19N3O4/c1-18-17(22)15-10-20(13-6-2-3-7-14(13)24-15)11-16(21)19-9-12-5-4-8-23-12/h2-8,15H,9-11H2,1H3,(H,18,22)(H,19,21)/t15-/m0/s1. The third-order valence-corrected chi connectivity index (χ3v) is 3.77. The topological polar surface area (TPSA) is 83.8 Å². The highest BCUT2D eigenvalue weighted by Crippen LogP contribution is 2.32. The Morgan fingerprint density at radius 2 is 2.08 bits per heavy atom. The van der Waals surface area contributed by atoms with Crippen molar-refractivity contribution < 1.29 is 18.7 Å². The van der Waals surface area contributed by atoms with Crippen LogP contribution >= 0.6 is 0 Å². The fourth-order valence-electron chi connectivity index (χ4n) is 2.58. The smallest absolute Gasteiger partial charge is 0.262 e. The molecule has 2 amide bonds. The van der Waals surface area contributed by atoms with E-state index in [9.17, 15) is 9.59 Å². The van der Waals surface area contributed by atoms with E-state index in [2.05, 4.69) is 10.6 Å². The normalized spacial score (nSPS) is 16.0. The van der Waals surface area contributed by atoms with Crippen LogP contribution in [0.1, 0.15) is 5.76 Å². The van der Waals surface area contributed by atoms with Crippen molar-refractivity contribution in [2.24, 2.45) is 0 Å². The molecule has 2 aromatic rings. The third kappa shape index (κ3) is 3.51. The monoisotopic (exact) mass is 329 g/mol. The van der Waals surface area contributed by atoms with Crippen molar-refractivity contribution in [3.63, 3.8) is 0 Å². The number of anilines is 1. The molecule has 0 spiro atoms. The lowest BCUT2D eigenvalue weighted by Crippen LogP contribution is -2.50. The summed E-state index contributed by atoms with van der Waals surface area (Å²) in [6.07, 6.45) is 0.913. The Morgan fingerprint density at radius 1 is 1.25 bits per heavy atom. The number of nitrogens with zero attached hydrogens (tertiary/aromatic N) is 1. The van der Waals surface area contributed by atoms with Gasteiger partial charge in [0.05, 0.1) is 31.6 Å². The molecule has 1 aliphatic rings. The van der Waals surface area contributed by atoms with Crippen molar-refractivity contribution in [2.75, 3.05) is 25.0 Å². The number of likely N-dealkylation sites (N-methyl/N-ethyl adjacent to an activating group) is 1. The second-order valence-corrected chi connectivity index (χ2v) is 5.43. The largest absolute Gasteiger partial charge is 0.477 e. The number of furan rings is 1. The van der Waals surface area contributed by atoms with Gasteiger partial charge in [0.25, 0.3) is 5.91 Å². The summed E-state index contributed by atoms with van der Waals surface area (Å²) in [4.78, 5) is 26.0. The molecule has 1 aliphatic heterocycles. The number of nitrogens with one attached hydrogen (secondary N) is 2. The second-order valence-electron chi connectivity index (χ2n) is 5.43. The van der Waals surface area contributed by atoms with Crippen LogP contribution in [-0.2, 0) is 16.1 Å². The first-order valence-electron chi connectivity index (χ1n) is 7.68. The minimum absolute atomic E-state index is 0.134. The molecule has 7 heteroatoms. The second kappa shape index (κ2) is 7.08. The number of rotatable bonds is 5. The average molecular weight is 329 g/mol. The average Bonchev–Trinajstić information content (AvgIpc) is 3.12. The van der Waals surface area contributed by atoms with Gasteiger partial charge in [-0.05, 0) is 24.3 Å². The summed E-state index contributed by atoms with van der Waals surface area (Å²) in [5.74, 6) is 0.911. The van der Waals surface area contributed by atoms with Crippen LogP contribution in [0.2, 0.25) is 0 Å². The molecule has 24 heavy (non-hydrogen) atoms. The first-order chi connectivity index (χ1) is 11.7. The Labute approximate surface area is 139 Å². The predicted molar refractivity (Wildman–Crippen MR) is 87.7 cm³/mol. The van der Waals surface area contributed by atoms with E-state index in [1.807, 2.05) is 23.1 Å². The Kier molecular flexibility index (Phi) is 4.69. The molecule has 1 aromatic heterocycles. The van der Waals surface area contributed by atoms with Gasteiger partial charge in [0, 0.05) is 7.05 Å². The number of benzene rings is 1. The van der Waals surface area contributed by atoms with Gasteiger partial charge in [0.15, 0.2) is 6.10 Å². The Hall–Kier alpha value is -2.96. The lowest BCUT2D eigenvalue weighted by atomic mass is 10.1. The van der Waals surface area contributed by atoms with Gasteiger partial charge in [-0.25, -0.2) is 0 Å². The van der Waals surface area contributed by atoms with Crippen molar-refractivity contribution in [3.05, 3.63) is 48.4 Å². The zero-order valence-corrected chi connectivity index (χ0v) is 13.3. The quantitative estimate of drug-likeness (QED) is 0.852. The lowest BCUT2D eigenvalue weighted by molar-refractivity contribution is -0.127. The fraction of sp³-hybridized carbons (Fsp3) is 0.294. The minimum Gasteiger partial charge on any atom is -0.477 e. The Bertz CT molecular complexity index is 714. The maximum absolute atomic E-state index is 12.2. The van der Waals surface area contributed by atoms with E-state index >= 15 is 0 Å². The molecule has 3 rings (SSSR count). The predicted octanol–water partition coefficient (Wildman–Crippen LogP) is 0.909. The maximum atomic E-state index is 12.2. The van der Waals surface area contributed by atoms with Gasteiger partial charge < -0.3 is 24.7 Å². The lowest BCUT2D eigenvalue weighted by Gasteiger charge is -2.34. The number of fused-ring (bicyclic) bond motifs is 1. The van der Waals surface area contributed by atoms with Gasteiger partial charge in [-0.2, -0.15) is 0 Å². The number of ether oxygens (including phenoxy) is 1. The summed E-state index contributed by atoms with van der Waals surface area (Å²) in [7, 11) is 1.56. The first kappa shape index (κ1) is 15.9. The molecule has 0 unspecified atom stereocenters. The van der Waals surface area contributed by atoms with Gasteiger partial charge >= 0.3 is 0 Å². The van der Waals surface area contributed by atoms with E-state index in [1.165, 1.54) is 0 Å². The van der Waals surface area contributed by atoms with Crippen molar-refractivity contribution >= 4 is 17.5 Å². The van der Waals surface area contributed by atoms with Gasteiger partial charge in [0.2, 0.25) is 5.91 Å². The van der Waals surface area contributed by atoms with Crippen LogP contribution in [0.4, 0.5) is 5.69 Å². The van der Waals surface area contributed by atoms with Crippen molar-refractivity contribution in [2.45, 2.75) is 12.6 Å². The molecule has 0 saturated carbocycles. The first-order valence-corrected chi connectivity index (χ1v) is 7.68. The highest BCUT2D eigenvalue weighted by Gasteiger charge is 2.30. The molecule has 0 saturated heterocycles. The zero-order valence-electron chi connectivity index (χ0n) is 13.3. The molecule has 0 fully saturated rings. The van der Waals surface area contributed by atoms with Crippen LogP contribution in [0.15, 0.2) is 47.1 Å². The highest BCUT2D eigenvalue weighted by molar-refractivity contribution is 5.86. The van der Waals surface area contributed by atoms with Crippen LogP contribution < -0.4 is 20.3 Å². The van der Waals surface area contributed by atoms with E-state index < -0.39 is 6.10 Å². The van der Waals surface area contributed by atoms with Gasteiger partial charge in [-0.1, -0.05) is 12.1 Å². The number of hydrogen-bond acceptors (Lipinski definition) is 5. The summed E-state index contributed by atoms with van der Waals surface area (Å²) in [6.45, 7) is 0.774. The molecule has 1 aromatic carbocycles. The summed E-state index contributed by atoms with van der Waals surface area (Å²) in [5.41, 5.74) is 0.797. The number of amides is 2. The van der Waals surface area contributed by atoms with E-state index in [0.717, 1.165) is 5.69 Å². The third-order valence-electron chi connectivity index (χ3n) is 3.77. The number of hydrogen-bond donors (Lipinski definition) is 2. The van der Waals surface area contributed by atoms with Crippen molar-refractivity contribution in [3.8, 4) is 5.75 Å². The van der Waals surface area contributed by atoms with E-state index in [-0.39, 0.29) is 18.4 Å². The summed E-state index contributed by atoms with van der Waals surface area (Å²) in [6, 6.07) is 10.9. The van der Waals surface area contributed by atoms with E-state index in [4.69, 9.17) is 9.15 Å². The molecule has 2 heterocycles. The molecule has 1 atom stereocenters. The molecule has 7 nitrogen and oxygen atoms in total. The van der Waals surface area contributed by atoms with Gasteiger partial charge in [-0.15, -0.1) is 0 Å². The molecule has 0 radical (unpaired) electrons. The van der Waals surface area contributed by atoms with E-state index in [1.54, 1.807) is 31.5 Å². The van der Waals surface area contributed by atoms with Crippen LogP contribution in [0.5, 0.6) is 5.75 Å². The van der Waals surface area contributed by atoms with Crippen molar-refractivity contribution in [1.82, 2.24) is 10.6 Å². The fourth-order valence-corrected chi connectivity index (χ4v) is 2.58. The Balaban J connectivity index is 1.68. The van der Waals surface area contributed by atoms with Crippen LogP contribution in [0.3, 0.4) is 0 Å². The van der Waals surface area contributed by atoms with Gasteiger partial charge in [-0.3, -0.25) is 9.59 Å². The Morgan fingerprint density at radius 3 is 2.83 bits per heavy atom. The zero-order chi connectivity index (χ0) is 16.9. The summed E-state index contributed by atoms with van der Waals surface area (Å²) < 4.78 is 10.9.